The highest BCUT2D eigenvalue weighted by molar-refractivity contribution is 6.32. The van der Waals surface area contributed by atoms with Crippen LogP contribution in [0.3, 0.4) is 0 Å². The van der Waals surface area contributed by atoms with E-state index in [4.69, 9.17) is 16.3 Å². The molecular formula is C22H27ClN2O2. The van der Waals surface area contributed by atoms with E-state index in [0.717, 1.165) is 12.1 Å². The molecule has 0 spiro atoms. The van der Waals surface area contributed by atoms with Crippen molar-refractivity contribution in [3.8, 4) is 5.75 Å². The second-order valence-corrected chi connectivity index (χ2v) is 7.37. The minimum atomic E-state index is -0.556. The maximum atomic E-state index is 12.5. The van der Waals surface area contributed by atoms with Gasteiger partial charge in [0.25, 0.3) is 5.91 Å². The minimum Gasteiger partial charge on any atom is -0.479 e. The number of hydrogen-bond acceptors (Lipinski definition) is 3. The molecule has 5 heteroatoms. The maximum Gasteiger partial charge on any atom is 0.261 e. The van der Waals surface area contributed by atoms with Crippen LogP contribution >= 0.6 is 11.6 Å². The largest absolute Gasteiger partial charge is 0.479 e. The molecule has 2 aromatic carbocycles. The smallest absolute Gasteiger partial charge is 0.261 e. The Morgan fingerprint density at radius 2 is 1.78 bits per heavy atom. The summed E-state index contributed by atoms with van der Waals surface area (Å²) in [6.45, 7) is 5.82. The number of carbonyl (C=O) groups is 1. The van der Waals surface area contributed by atoms with Crippen molar-refractivity contribution in [2.24, 2.45) is 0 Å². The summed E-state index contributed by atoms with van der Waals surface area (Å²) >= 11 is 6.12. The number of halogens is 1. The number of carbonyl (C=O) groups excluding carboxylic acids is 1. The van der Waals surface area contributed by atoms with Crippen LogP contribution in [0.15, 0.2) is 48.5 Å². The Hall–Kier alpha value is -2.04. The molecule has 1 aliphatic heterocycles. The number of para-hydroxylation sites is 1. The Bertz CT molecular complexity index is 742. The van der Waals surface area contributed by atoms with Gasteiger partial charge in [0.1, 0.15) is 5.75 Å². The molecule has 0 saturated carbocycles. The van der Waals surface area contributed by atoms with Crippen LogP contribution < -0.4 is 10.1 Å². The van der Waals surface area contributed by atoms with E-state index < -0.39 is 6.10 Å². The molecular weight excluding hydrogens is 360 g/mol. The first-order valence-electron chi connectivity index (χ1n) is 9.65. The van der Waals surface area contributed by atoms with Gasteiger partial charge in [0.05, 0.1) is 5.02 Å². The van der Waals surface area contributed by atoms with Crippen molar-refractivity contribution >= 4 is 17.5 Å². The average Bonchev–Trinajstić information content (AvgIpc) is 3.19. The molecule has 1 unspecified atom stereocenters. The van der Waals surface area contributed by atoms with Crippen LogP contribution in [-0.4, -0.2) is 30.0 Å². The summed E-state index contributed by atoms with van der Waals surface area (Å²) in [5.74, 6) is 0.408. The maximum absolute atomic E-state index is 12.5. The van der Waals surface area contributed by atoms with Crippen LogP contribution in [0, 0.1) is 0 Å². The molecule has 1 aliphatic rings. The van der Waals surface area contributed by atoms with Crippen LogP contribution in [0.5, 0.6) is 5.75 Å². The molecule has 1 atom stereocenters. The number of likely N-dealkylation sites (tertiary alicyclic amines) is 1. The topological polar surface area (TPSA) is 41.6 Å². The van der Waals surface area contributed by atoms with Crippen molar-refractivity contribution in [1.82, 2.24) is 10.2 Å². The molecule has 0 aromatic heterocycles. The van der Waals surface area contributed by atoms with E-state index in [1.54, 1.807) is 12.1 Å². The fourth-order valence-electron chi connectivity index (χ4n) is 3.28. The third-order valence-corrected chi connectivity index (χ3v) is 5.18. The van der Waals surface area contributed by atoms with Gasteiger partial charge in [-0.1, -0.05) is 54.9 Å². The second-order valence-electron chi connectivity index (χ2n) is 6.96. The zero-order chi connectivity index (χ0) is 19.1. The lowest BCUT2D eigenvalue weighted by Gasteiger charge is -2.18. The number of hydrogen-bond donors (Lipinski definition) is 1. The van der Waals surface area contributed by atoms with Crippen molar-refractivity contribution in [1.29, 1.82) is 0 Å². The first-order chi connectivity index (χ1) is 13.2. The Morgan fingerprint density at radius 1 is 1.11 bits per heavy atom. The predicted molar refractivity (Wildman–Crippen MR) is 109 cm³/mol. The molecule has 1 N–H and O–H groups in total. The van der Waals surface area contributed by atoms with Crippen molar-refractivity contribution < 1.29 is 9.53 Å². The van der Waals surface area contributed by atoms with Gasteiger partial charge in [-0.2, -0.15) is 0 Å². The van der Waals surface area contributed by atoms with Crippen molar-refractivity contribution in [2.75, 3.05) is 13.1 Å². The Labute approximate surface area is 166 Å². The molecule has 27 heavy (non-hydrogen) atoms. The number of nitrogens with one attached hydrogen (secondary N) is 1. The highest BCUT2D eigenvalue weighted by Gasteiger charge is 2.19. The Morgan fingerprint density at radius 3 is 2.44 bits per heavy atom. The molecule has 4 nitrogen and oxygen atoms in total. The first kappa shape index (κ1) is 19.7. The Kier molecular flexibility index (Phi) is 7.13. The molecule has 0 radical (unpaired) electrons. The van der Waals surface area contributed by atoms with Gasteiger partial charge in [-0.15, -0.1) is 0 Å². The van der Waals surface area contributed by atoms with E-state index in [2.05, 4.69) is 34.5 Å². The van der Waals surface area contributed by atoms with Gasteiger partial charge in [0.15, 0.2) is 6.10 Å². The SMILES string of the molecule is CCC(Oc1ccccc1Cl)C(=O)NCc1ccc(CN2CCCC2)cc1. The van der Waals surface area contributed by atoms with Crippen molar-refractivity contribution in [3.05, 3.63) is 64.7 Å². The van der Waals surface area contributed by atoms with Crippen LogP contribution in [0.2, 0.25) is 5.02 Å². The summed E-state index contributed by atoms with van der Waals surface area (Å²) < 4.78 is 5.79. The van der Waals surface area contributed by atoms with Gasteiger partial charge in [-0.05, 0) is 55.6 Å². The quantitative estimate of drug-likeness (QED) is 0.730. The van der Waals surface area contributed by atoms with E-state index in [0.29, 0.717) is 23.7 Å². The Balaban J connectivity index is 1.50. The lowest BCUT2D eigenvalue weighted by Crippen LogP contribution is -2.37. The zero-order valence-corrected chi connectivity index (χ0v) is 16.5. The van der Waals surface area contributed by atoms with E-state index in [1.807, 2.05) is 19.1 Å². The van der Waals surface area contributed by atoms with Crippen molar-refractivity contribution in [3.63, 3.8) is 0 Å². The van der Waals surface area contributed by atoms with Gasteiger partial charge in [0.2, 0.25) is 0 Å². The van der Waals surface area contributed by atoms with Gasteiger partial charge in [-0.3, -0.25) is 9.69 Å². The van der Waals surface area contributed by atoms with Gasteiger partial charge in [0, 0.05) is 13.1 Å². The molecule has 1 saturated heterocycles. The summed E-state index contributed by atoms with van der Waals surface area (Å²) in [7, 11) is 0. The summed E-state index contributed by atoms with van der Waals surface area (Å²) in [6, 6.07) is 15.7. The summed E-state index contributed by atoms with van der Waals surface area (Å²) in [6.07, 6.45) is 2.63. The molecule has 0 aliphatic carbocycles. The number of amides is 1. The third-order valence-electron chi connectivity index (χ3n) is 4.86. The number of nitrogens with zero attached hydrogens (tertiary/aromatic N) is 1. The van der Waals surface area contributed by atoms with E-state index in [1.165, 1.54) is 31.5 Å². The van der Waals surface area contributed by atoms with Gasteiger partial charge < -0.3 is 10.1 Å². The fraction of sp³-hybridized carbons (Fsp3) is 0.409. The van der Waals surface area contributed by atoms with E-state index in [9.17, 15) is 4.79 Å². The number of benzene rings is 2. The van der Waals surface area contributed by atoms with Crippen molar-refractivity contribution in [2.45, 2.75) is 45.4 Å². The molecule has 0 bridgehead atoms. The summed E-state index contributed by atoms with van der Waals surface area (Å²) in [5.41, 5.74) is 2.40. The summed E-state index contributed by atoms with van der Waals surface area (Å²) in [4.78, 5) is 15.0. The molecule has 144 valence electrons. The third kappa shape index (κ3) is 5.72. The standard InChI is InChI=1S/C22H27ClN2O2/c1-2-20(27-21-8-4-3-7-19(21)23)22(26)24-15-17-9-11-18(12-10-17)16-25-13-5-6-14-25/h3-4,7-12,20H,2,5-6,13-16H2,1H3,(H,24,26). The summed E-state index contributed by atoms with van der Waals surface area (Å²) in [5, 5.41) is 3.48. The lowest BCUT2D eigenvalue weighted by molar-refractivity contribution is -0.128. The number of ether oxygens (including phenoxy) is 1. The normalized spacial score (nSPS) is 15.5. The molecule has 3 rings (SSSR count). The van der Waals surface area contributed by atoms with Crippen LogP contribution in [0.1, 0.15) is 37.3 Å². The van der Waals surface area contributed by atoms with Gasteiger partial charge in [-0.25, -0.2) is 0 Å². The monoisotopic (exact) mass is 386 g/mol. The molecule has 2 aromatic rings. The van der Waals surface area contributed by atoms with E-state index >= 15 is 0 Å². The van der Waals surface area contributed by atoms with Crippen LogP contribution in [0.4, 0.5) is 0 Å². The highest BCUT2D eigenvalue weighted by Crippen LogP contribution is 2.24. The molecule has 1 amide bonds. The highest BCUT2D eigenvalue weighted by atomic mass is 35.5. The lowest BCUT2D eigenvalue weighted by atomic mass is 10.1. The minimum absolute atomic E-state index is 0.126. The van der Waals surface area contributed by atoms with Gasteiger partial charge >= 0.3 is 0 Å². The molecule has 1 fully saturated rings. The van der Waals surface area contributed by atoms with E-state index in [-0.39, 0.29) is 5.91 Å². The van der Waals surface area contributed by atoms with Crippen LogP contribution in [0.25, 0.3) is 0 Å². The predicted octanol–water partition coefficient (Wildman–Crippen LogP) is 4.41. The first-order valence-corrected chi connectivity index (χ1v) is 10.0. The van der Waals surface area contributed by atoms with Crippen LogP contribution in [-0.2, 0) is 17.9 Å². The molecule has 1 heterocycles. The average molecular weight is 387 g/mol. The zero-order valence-electron chi connectivity index (χ0n) is 15.8. The fourth-order valence-corrected chi connectivity index (χ4v) is 3.46. The number of rotatable bonds is 8. The second kappa shape index (κ2) is 9.77.